The van der Waals surface area contributed by atoms with Crippen molar-refractivity contribution in [2.45, 2.75) is 27.2 Å². The molecule has 0 fully saturated rings. The summed E-state index contributed by atoms with van der Waals surface area (Å²) in [5.41, 5.74) is 2.43. The van der Waals surface area contributed by atoms with E-state index in [1.165, 1.54) is 13.0 Å². The summed E-state index contributed by atoms with van der Waals surface area (Å²) in [7, 11) is 0. The first kappa shape index (κ1) is 16.7. The zero-order chi connectivity index (χ0) is 17.1. The Morgan fingerprint density at radius 3 is 2.39 bits per heavy atom. The monoisotopic (exact) mass is 316 g/mol. The highest BCUT2D eigenvalue weighted by Gasteiger charge is 2.20. The number of hydrogen-bond acceptors (Lipinski definition) is 4. The van der Waals surface area contributed by atoms with Gasteiger partial charge in [0.25, 0.3) is 0 Å². The maximum atomic E-state index is 11.2. The highest BCUT2D eigenvalue weighted by atomic mass is 16.5. The van der Waals surface area contributed by atoms with E-state index in [-0.39, 0.29) is 29.9 Å². The van der Waals surface area contributed by atoms with Gasteiger partial charge in [0.1, 0.15) is 22.8 Å². The molecule has 0 spiro atoms. The lowest BCUT2D eigenvalue weighted by atomic mass is 10.00. The van der Waals surface area contributed by atoms with Gasteiger partial charge in [0, 0.05) is 12.0 Å². The number of aromatic carboxylic acids is 1. The summed E-state index contributed by atoms with van der Waals surface area (Å²) in [4.78, 5) is 11.2. The van der Waals surface area contributed by atoms with E-state index < -0.39 is 11.7 Å². The van der Waals surface area contributed by atoms with E-state index in [4.69, 9.17) is 9.84 Å². The molecule has 0 aliphatic carbocycles. The third-order valence-electron chi connectivity index (χ3n) is 3.73. The molecule has 0 saturated heterocycles. The molecule has 0 amide bonds. The van der Waals surface area contributed by atoms with E-state index in [9.17, 15) is 15.0 Å². The number of phenolic OH excluding ortho intramolecular Hbond substituents is 1. The molecule has 0 heterocycles. The zero-order valence-electron chi connectivity index (χ0n) is 13.4. The van der Waals surface area contributed by atoms with Gasteiger partial charge in [0.2, 0.25) is 0 Å². The van der Waals surface area contributed by atoms with Crippen molar-refractivity contribution in [1.29, 1.82) is 0 Å². The molecule has 0 radical (unpaired) electrons. The van der Waals surface area contributed by atoms with E-state index >= 15 is 0 Å². The Bertz CT molecular complexity index is 750. The summed E-state index contributed by atoms with van der Waals surface area (Å²) in [6.07, 6.45) is 0.200. The standard InChI is InChI=1S/C18H20O5/c1-10-4-5-15(11(2)8-10)23-7-6-13-14(19)9-12(3)16(17(13)20)18(21)22/h4-5,8-9,19-20H,6-7H2,1-3H3,(H,21,22). The molecule has 0 bridgehead atoms. The van der Waals surface area contributed by atoms with E-state index in [0.717, 1.165) is 16.9 Å². The lowest BCUT2D eigenvalue weighted by Gasteiger charge is -2.14. The molecule has 0 saturated carbocycles. The number of aromatic hydroxyl groups is 2. The van der Waals surface area contributed by atoms with Crippen LogP contribution in [0.2, 0.25) is 0 Å². The Kier molecular flexibility index (Phi) is 4.79. The Labute approximate surface area is 134 Å². The van der Waals surface area contributed by atoms with Gasteiger partial charge in [-0.3, -0.25) is 0 Å². The topological polar surface area (TPSA) is 87.0 Å². The van der Waals surface area contributed by atoms with E-state index in [1.54, 1.807) is 0 Å². The van der Waals surface area contributed by atoms with E-state index in [1.807, 2.05) is 32.0 Å². The molecular weight excluding hydrogens is 296 g/mol. The molecule has 122 valence electrons. The van der Waals surface area contributed by atoms with Crippen LogP contribution in [-0.4, -0.2) is 27.9 Å². The normalized spacial score (nSPS) is 10.6. The van der Waals surface area contributed by atoms with Crippen molar-refractivity contribution in [3.63, 3.8) is 0 Å². The minimum absolute atomic E-state index is 0.130. The number of ether oxygens (including phenoxy) is 1. The molecule has 0 atom stereocenters. The highest BCUT2D eigenvalue weighted by Crippen LogP contribution is 2.34. The summed E-state index contributed by atoms with van der Waals surface area (Å²) in [6, 6.07) is 7.14. The van der Waals surface area contributed by atoms with Crippen LogP contribution >= 0.6 is 0 Å². The van der Waals surface area contributed by atoms with Crippen molar-refractivity contribution >= 4 is 5.97 Å². The molecule has 0 aliphatic rings. The van der Waals surface area contributed by atoms with E-state index in [0.29, 0.717) is 5.56 Å². The number of carboxylic acids is 1. The molecule has 5 nitrogen and oxygen atoms in total. The second-order valence-electron chi connectivity index (χ2n) is 5.59. The van der Waals surface area contributed by atoms with Crippen molar-refractivity contribution in [3.05, 3.63) is 52.1 Å². The average Bonchev–Trinajstić information content (AvgIpc) is 2.43. The summed E-state index contributed by atoms with van der Waals surface area (Å²) in [6.45, 7) is 5.67. The lowest BCUT2D eigenvalue weighted by Crippen LogP contribution is -2.07. The number of carbonyl (C=O) groups is 1. The van der Waals surface area contributed by atoms with Gasteiger partial charge in [-0.05, 0) is 44.0 Å². The summed E-state index contributed by atoms with van der Waals surface area (Å²) >= 11 is 0. The first-order valence-corrected chi connectivity index (χ1v) is 7.29. The first-order chi connectivity index (χ1) is 10.8. The fourth-order valence-corrected chi connectivity index (χ4v) is 2.56. The largest absolute Gasteiger partial charge is 0.508 e. The Morgan fingerprint density at radius 2 is 1.78 bits per heavy atom. The van der Waals surface area contributed by atoms with Gasteiger partial charge in [0.05, 0.1) is 6.61 Å². The summed E-state index contributed by atoms with van der Waals surface area (Å²) in [5, 5.41) is 29.2. The van der Waals surface area contributed by atoms with Gasteiger partial charge >= 0.3 is 5.97 Å². The predicted octanol–water partition coefficient (Wildman–Crippen LogP) is 3.34. The lowest BCUT2D eigenvalue weighted by molar-refractivity contribution is 0.0692. The molecule has 0 aliphatic heterocycles. The van der Waals surface area contributed by atoms with Crippen LogP contribution in [0.15, 0.2) is 24.3 Å². The van der Waals surface area contributed by atoms with Gasteiger partial charge in [-0.15, -0.1) is 0 Å². The second-order valence-corrected chi connectivity index (χ2v) is 5.59. The Balaban J connectivity index is 2.17. The number of phenols is 2. The van der Waals surface area contributed by atoms with E-state index in [2.05, 4.69) is 0 Å². The van der Waals surface area contributed by atoms with Gasteiger partial charge in [-0.2, -0.15) is 0 Å². The predicted molar refractivity (Wildman–Crippen MR) is 86.6 cm³/mol. The summed E-state index contributed by atoms with van der Waals surface area (Å²) < 4.78 is 5.67. The van der Waals surface area contributed by atoms with Crippen LogP contribution in [-0.2, 0) is 6.42 Å². The van der Waals surface area contributed by atoms with Crippen molar-refractivity contribution in [3.8, 4) is 17.2 Å². The number of aryl methyl sites for hydroxylation is 3. The van der Waals surface area contributed by atoms with Gasteiger partial charge in [0.15, 0.2) is 0 Å². The molecule has 3 N–H and O–H groups in total. The third kappa shape index (κ3) is 3.56. The number of benzene rings is 2. The molecule has 5 heteroatoms. The van der Waals surface area contributed by atoms with Crippen molar-refractivity contribution in [1.82, 2.24) is 0 Å². The minimum atomic E-state index is -1.23. The van der Waals surface area contributed by atoms with Crippen LogP contribution < -0.4 is 4.74 Å². The molecule has 2 aromatic rings. The van der Waals surface area contributed by atoms with Gasteiger partial charge in [-0.25, -0.2) is 4.79 Å². The third-order valence-corrected chi connectivity index (χ3v) is 3.73. The van der Waals surface area contributed by atoms with Crippen molar-refractivity contribution in [2.75, 3.05) is 6.61 Å². The maximum Gasteiger partial charge on any atom is 0.339 e. The highest BCUT2D eigenvalue weighted by molar-refractivity contribution is 5.93. The Morgan fingerprint density at radius 1 is 1.09 bits per heavy atom. The molecule has 23 heavy (non-hydrogen) atoms. The molecule has 0 aromatic heterocycles. The Hall–Kier alpha value is -2.69. The minimum Gasteiger partial charge on any atom is -0.508 e. The van der Waals surface area contributed by atoms with Gasteiger partial charge < -0.3 is 20.1 Å². The fourth-order valence-electron chi connectivity index (χ4n) is 2.56. The molecule has 2 aromatic carbocycles. The van der Waals surface area contributed by atoms with Crippen LogP contribution in [0.5, 0.6) is 17.2 Å². The van der Waals surface area contributed by atoms with Crippen LogP contribution in [0.3, 0.4) is 0 Å². The fraction of sp³-hybridized carbons (Fsp3) is 0.278. The first-order valence-electron chi connectivity index (χ1n) is 7.29. The van der Waals surface area contributed by atoms with Crippen molar-refractivity contribution in [2.24, 2.45) is 0 Å². The molecule has 0 unspecified atom stereocenters. The van der Waals surface area contributed by atoms with Crippen molar-refractivity contribution < 1.29 is 24.9 Å². The average molecular weight is 316 g/mol. The second kappa shape index (κ2) is 6.60. The van der Waals surface area contributed by atoms with Crippen LogP contribution in [0, 0.1) is 20.8 Å². The van der Waals surface area contributed by atoms with Crippen LogP contribution in [0.4, 0.5) is 0 Å². The van der Waals surface area contributed by atoms with Gasteiger partial charge in [-0.1, -0.05) is 17.7 Å². The SMILES string of the molecule is Cc1ccc(OCCc2c(O)cc(C)c(C(=O)O)c2O)c(C)c1. The smallest absolute Gasteiger partial charge is 0.339 e. The maximum absolute atomic E-state index is 11.2. The molecule has 2 rings (SSSR count). The zero-order valence-corrected chi connectivity index (χ0v) is 13.4. The quantitative estimate of drug-likeness (QED) is 0.787. The number of hydrogen-bond donors (Lipinski definition) is 3. The summed E-state index contributed by atoms with van der Waals surface area (Å²) in [5.74, 6) is -1.04. The number of carboxylic acid groups (broad SMARTS) is 1. The number of rotatable bonds is 5. The molecular formula is C18H20O5. The van der Waals surface area contributed by atoms with Crippen LogP contribution in [0.1, 0.15) is 32.6 Å². The van der Waals surface area contributed by atoms with Crippen LogP contribution in [0.25, 0.3) is 0 Å².